The average Bonchev–Trinajstić information content (AvgIpc) is 2.72. The van der Waals surface area contributed by atoms with Gasteiger partial charge >= 0.3 is 0 Å². The number of pyridine rings is 1. The molecule has 0 aromatic carbocycles. The lowest BCUT2D eigenvalue weighted by Gasteiger charge is -2.14. The first-order chi connectivity index (χ1) is 8.20. The van der Waals surface area contributed by atoms with E-state index in [1.807, 2.05) is 23.7 Å². The number of hydrogen-bond acceptors (Lipinski definition) is 4. The second kappa shape index (κ2) is 5.93. The van der Waals surface area contributed by atoms with E-state index >= 15 is 0 Å². The summed E-state index contributed by atoms with van der Waals surface area (Å²) in [5.41, 5.74) is 3.90. The molecular formula is C11H11BrClN3S. The van der Waals surface area contributed by atoms with Crippen LogP contribution in [0.25, 0.3) is 0 Å². The van der Waals surface area contributed by atoms with Gasteiger partial charge in [-0.3, -0.25) is 16.3 Å². The Morgan fingerprint density at radius 2 is 2.35 bits per heavy atom. The normalized spacial score (nSPS) is 12.6. The summed E-state index contributed by atoms with van der Waals surface area (Å²) in [5.74, 6) is 5.58. The van der Waals surface area contributed by atoms with Crippen LogP contribution in [0, 0.1) is 0 Å². The molecule has 3 N–H and O–H groups in total. The number of halogens is 2. The number of aromatic nitrogens is 1. The van der Waals surface area contributed by atoms with Crippen LogP contribution < -0.4 is 11.3 Å². The molecule has 0 spiro atoms. The number of nitrogens with one attached hydrogen (secondary N) is 1. The van der Waals surface area contributed by atoms with Gasteiger partial charge in [0.05, 0.1) is 11.1 Å². The van der Waals surface area contributed by atoms with Crippen molar-refractivity contribution in [1.29, 1.82) is 0 Å². The van der Waals surface area contributed by atoms with E-state index in [9.17, 15) is 0 Å². The SMILES string of the molecule is NNC(Cc1cncc(Br)c1)c1sccc1Cl. The van der Waals surface area contributed by atoms with E-state index in [0.29, 0.717) is 0 Å². The molecular weight excluding hydrogens is 322 g/mol. The molecule has 0 fully saturated rings. The van der Waals surface area contributed by atoms with E-state index in [1.165, 1.54) is 0 Å². The highest BCUT2D eigenvalue weighted by atomic mass is 79.9. The van der Waals surface area contributed by atoms with Crippen LogP contribution in [-0.4, -0.2) is 4.98 Å². The molecule has 0 radical (unpaired) electrons. The van der Waals surface area contributed by atoms with Gasteiger partial charge in [0.25, 0.3) is 0 Å². The third-order valence-electron chi connectivity index (χ3n) is 2.36. The zero-order chi connectivity index (χ0) is 12.3. The van der Waals surface area contributed by atoms with E-state index in [4.69, 9.17) is 17.4 Å². The summed E-state index contributed by atoms with van der Waals surface area (Å²) >= 11 is 11.1. The molecule has 0 amide bonds. The number of hydrogen-bond donors (Lipinski definition) is 2. The molecule has 2 heterocycles. The number of nitrogens with two attached hydrogens (primary N) is 1. The summed E-state index contributed by atoms with van der Waals surface area (Å²) in [7, 11) is 0. The molecule has 0 saturated heterocycles. The molecule has 3 nitrogen and oxygen atoms in total. The zero-order valence-corrected chi connectivity index (χ0v) is 12.0. The Balaban J connectivity index is 2.19. The first-order valence-electron chi connectivity index (χ1n) is 4.99. The molecule has 2 aromatic heterocycles. The molecule has 2 rings (SSSR count). The maximum absolute atomic E-state index is 6.10. The van der Waals surface area contributed by atoms with Crippen LogP contribution in [0.2, 0.25) is 5.02 Å². The second-order valence-electron chi connectivity index (χ2n) is 3.57. The van der Waals surface area contributed by atoms with Gasteiger partial charge in [0.1, 0.15) is 0 Å². The fraction of sp³-hybridized carbons (Fsp3) is 0.182. The number of nitrogens with zero attached hydrogens (tertiary/aromatic N) is 1. The van der Waals surface area contributed by atoms with Gasteiger partial charge in [0, 0.05) is 21.7 Å². The summed E-state index contributed by atoms with van der Waals surface area (Å²) in [6.45, 7) is 0. The zero-order valence-electron chi connectivity index (χ0n) is 8.86. The van der Waals surface area contributed by atoms with Crippen molar-refractivity contribution < 1.29 is 0 Å². The summed E-state index contributed by atoms with van der Waals surface area (Å²) in [4.78, 5) is 5.18. The van der Waals surface area contributed by atoms with Crippen LogP contribution in [0.15, 0.2) is 34.4 Å². The smallest absolute Gasteiger partial charge is 0.0609 e. The van der Waals surface area contributed by atoms with Gasteiger partial charge in [0.2, 0.25) is 0 Å². The molecule has 2 aromatic rings. The number of rotatable bonds is 4. The van der Waals surface area contributed by atoms with Crippen LogP contribution in [0.5, 0.6) is 0 Å². The minimum Gasteiger partial charge on any atom is -0.271 e. The van der Waals surface area contributed by atoms with Gasteiger partial charge in [-0.1, -0.05) is 11.6 Å². The third-order valence-corrected chi connectivity index (χ3v) is 4.27. The first kappa shape index (κ1) is 13.0. The van der Waals surface area contributed by atoms with Crippen LogP contribution in [-0.2, 0) is 6.42 Å². The molecule has 0 aliphatic carbocycles. The van der Waals surface area contributed by atoms with Crippen molar-refractivity contribution in [3.05, 3.63) is 49.8 Å². The van der Waals surface area contributed by atoms with Gasteiger partial charge in [-0.25, -0.2) is 0 Å². The van der Waals surface area contributed by atoms with Gasteiger partial charge < -0.3 is 0 Å². The van der Waals surface area contributed by atoms with Crippen molar-refractivity contribution in [2.75, 3.05) is 0 Å². The van der Waals surface area contributed by atoms with Crippen LogP contribution in [0.3, 0.4) is 0 Å². The number of thiophene rings is 1. The third kappa shape index (κ3) is 3.26. The Kier molecular flexibility index (Phi) is 4.53. The molecule has 6 heteroatoms. The fourth-order valence-corrected chi connectivity index (χ4v) is 3.25. The molecule has 1 unspecified atom stereocenters. The van der Waals surface area contributed by atoms with Gasteiger partial charge in [-0.2, -0.15) is 0 Å². The predicted octanol–water partition coefficient (Wildman–Crippen LogP) is 3.31. The molecule has 0 bridgehead atoms. The lowest BCUT2D eigenvalue weighted by molar-refractivity contribution is 0.560. The Hall–Kier alpha value is -0.460. The highest BCUT2D eigenvalue weighted by Crippen LogP contribution is 2.30. The van der Waals surface area contributed by atoms with Gasteiger partial charge in [0.15, 0.2) is 0 Å². The summed E-state index contributed by atoms with van der Waals surface area (Å²) < 4.78 is 0.961. The minimum absolute atomic E-state index is 0.0126. The maximum atomic E-state index is 6.10. The quantitative estimate of drug-likeness (QED) is 0.667. The second-order valence-corrected chi connectivity index (χ2v) is 5.84. The largest absolute Gasteiger partial charge is 0.271 e. The topological polar surface area (TPSA) is 50.9 Å². The van der Waals surface area contributed by atoms with E-state index in [0.717, 1.165) is 26.4 Å². The Labute approximate surface area is 117 Å². The predicted molar refractivity (Wildman–Crippen MR) is 75.0 cm³/mol. The van der Waals surface area contributed by atoms with Crippen molar-refractivity contribution in [1.82, 2.24) is 10.4 Å². The first-order valence-corrected chi connectivity index (χ1v) is 7.04. The van der Waals surface area contributed by atoms with Gasteiger partial charge in [-0.15, -0.1) is 11.3 Å². The van der Waals surface area contributed by atoms with Crippen molar-refractivity contribution in [3.63, 3.8) is 0 Å². The molecule has 0 aliphatic heterocycles. The van der Waals surface area contributed by atoms with Crippen molar-refractivity contribution in [2.24, 2.45) is 5.84 Å². The minimum atomic E-state index is 0.0126. The van der Waals surface area contributed by atoms with Crippen molar-refractivity contribution >= 4 is 38.9 Å². The highest BCUT2D eigenvalue weighted by Gasteiger charge is 2.15. The standard InChI is InChI=1S/C11H11BrClN3S/c12-8-3-7(5-15-6-8)4-10(16-14)11-9(13)1-2-17-11/h1-3,5-6,10,16H,4,14H2. The molecule has 90 valence electrons. The molecule has 0 aliphatic rings. The summed E-state index contributed by atoms with van der Waals surface area (Å²) in [6.07, 6.45) is 4.34. The highest BCUT2D eigenvalue weighted by molar-refractivity contribution is 9.10. The molecule has 0 saturated carbocycles. The summed E-state index contributed by atoms with van der Waals surface area (Å²) in [6, 6.07) is 3.92. The fourth-order valence-electron chi connectivity index (χ4n) is 1.58. The molecule has 17 heavy (non-hydrogen) atoms. The van der Waals surface area contributed by atoms with E-state index in [2.05, 4.69) is 26.3 Å². The van der Waals surface area contributed by atoms with Crippen LogP contribution >= 0.6 is 38.9 Å². The average molecular weight is 333 g/mol. The van der Waals surface area contributed by atoms with Crippen molar-refractivity contribution in [3.8, 4) is 0 Å². The number of hydrazine groups is 1. The maximum Gasteiger partial charge on any atom is 0.0609 e. The lowest BCUT2D eigenvalue weighted by Crippen LogP contribution is -2.29. The monoisotopic (exact) mass is 331 g/mol. The lowest BCUT2D eigenvalue weighted by atomic mass is 10.1. The van der Waals surface area contributed by atoms with Crippen LogP contribution in [0.4, 0.5) is 0 Å². The van der Waals surface area contributed by atoms with Crippen LogP contribution in [0.1, 0.15) is 16.5 Å². The Morgan fingerprint density at radius 1 is 1.53 bits per heavy atom. The van der Waals surface area contributed by atoms with E-state index in [1.54, 1.807) is 17.5 Å². The van der Waals surface area contributed by atoms with Crippen molar-refractivity contribution in [2.45, 2.75) is 12.5 Å². The Bertz CT molecular complexity index is 503. The molecule has 1 atom stereocenters. The van der Waals surface area contributed by atoms with E-state index < -0.39 is 0 Å². The summed E-state index contributed by atoms with van der Waals surface area (Å²) in [5, 5.41) is 2.71. The van der Waals surface area contributed by atoms with Gasteiger partial charge in [-0.05, 0) is 45.4 Å². The Morgan fingerprint density at radius 3 is 2.94 bits per heavy atom. The van der Waals surface area contributed by atoms with E-state index in [-0.39, 0.29) is 6.04 Å².